The first kappa shape index (κ1) is 22.0. The monoisotopic (exact) mass is 424 g/mol. The third-order valence-corrected chi connectivity index (χ3v) is 4.98. The molecule has 0 spiro atoms. The number of amides is 2. The number of nitrogens with zero attached hydrogens (tertiary/aromatic N) is 1. The molecule has 1 aliphatic rings. The fourth-order valence-electron chi connectivity index (χ4n) is 3.37. The maximum Gasteiger partial charge on any atom is 0.337 e. The molecule has 1 unspecified atom stereocenters. The van der Waals surface area contributed by atoms with Gasteiger partial charge < -0.3 is 19.7 Å². The van der Waals surface area contributed by atoms with E-state index < -0.39 is 29.8 Å². The van der Waals surface area contributed by atoms with Crippen LogP contribution in [0.25, 0.3) is 0 Å². The van der Waals surface area contributed by atoms with Crippen LogP contribution in [-0.2, 0) is 25.5 Å². The predicted molar refractivity (Wildman–Crippen MR) is 111 cm³/mol. The molecule has 0 aliphatic carbocycles. The van der Waals surface area contributed by atoms with E-state index in [1.54, 1.807) is 12.1 Å². The lowest BCUT2D eigenvalue weighted by molar-refractivity contribution is -0.147. The summed E-state index contributed by atoms with van der Waals surface area (Å²) >= 11 is 0. The summed E-state index contributed by atoms with van der Waals surface area (Å²) in [6.45, 7) is 0.710. The number of esters is 2. The van der Waals surface area contributed by atoms with Gasteiger partial charge in [-0.3, -0.25) is 14.4 Å². The minimum absolute atomic E-state index is 0.187. The van der Waals surface area contributed by atoms with E-state index in [0.29, 0.717) is 6.42 Å². The molecule has 1 fully saturated rings. The Morgan fingerprint density at radius 3 is 2.55 bits per heavy atom. The zero-order valence-electron chi connectivity index (χ0n) is 17.2. The maximum absolute atomic E-state index is 13.0. The molecule has 0 radical (unpaired) electrons. The standard InChI is InChI=1S/C23H24N2O6/c1-30-23(29)18-9-5-8-17(14-18)22(28)25-12-11-24-21(27)19(25)15-20(26)31-13-10-16-6-3-2-4-7-16/h2-9,14,19H,10-13,15H2,1H3,(H,24,27). The first-order valence-electron chi connectivity index (χ1n) is 9.96. The van der Waals surface area contributed by atoms with Crippen molar-refractivity contribution in [3.8, 4) is 0 Å². The van der Waals surface area contributed by atoms with Gasteiger partial charge in [0, 0.05) is 25.1 Å². The average molecular weight is 424 g/mol. The smallest absolute Gasteiger partial charge is 0.337 e. The van der Waals surface area contributed by atoms with Crippen molar-refractivity contribution in [3.63, 3.8) is 0 Å². The molecule has 2 aromatic carbocycles. The number of carbonyl (C=O) groups excluding carboxylic acids is 4. The van der Waals surface area contributed by atoms with Gasteiger partial charge in [-0.25, -0.2) is 4.79 Å². The summed E-state index contributed by atoms with van der Waals surface area (Å²) in [7, 11) is 1.26. The number of carbonyl (C=O) groups is 4. The Morgan fingerprint density at radius 2 is 1.81 bits per heavy atom. The van der Waals surface area contributed by atoms with Crippen molar-refractivity contribution >= 4 is 23.8 Å². The Hall–Kier alpha value is -3.68. The molecule has 8 heteroatoms. The molecular formula is C23H24N2O6. The molecule has 2 aromatic rings. The molecular weight excluding hydrogens is 400 g/mol. The van der Waals surface area contributed by atoms with Gasteiger partial charge in [0.1, 0.15) is 6.04 Å². The van der Waals surface area contributed by atoms with Crippen molar-refractivity contribution in [2.24, 2.45) is 0 Å². The summed E-state index contributed by atoms with van der Waals surface area (Å²) < 4.78 is 9.97. The van der Waals surface area contributed by atoms with Crippen LogP contribution in [0.1, 0.15) is 32.7 Å². The fourth-order valence-corrected chi connectivity index (χ4v) is 3.37. The lowest BCUT2D eigenvalue weighted by Gasteiger charge is -2.34. The zero-order chi connectivity index (χ0) is 22.2. The van der Waals surface area contributed by atoms with E-state index >= 15 is 0 Å². The lowest BCUT2D eigenvalue weighted by atomic mass is 10.0. The topological polar surface area (TPSA) is 102 Å². The summed E-state index contributed by atoms with van der Waals surface area (Å²) in [5, 5.41) is 2.68. The summed E-state index contributed by atoms with van der Waals surface area (Å²) in [6.07, 6.45) is 0.315. The number of hydrogen-bond donors (Lipinski definition) is 1. The Bertz CT molecular complexity index is 960. The van der Waals surface area contributed by atoms with Gasteiger partial charge in [-0.05, 0) is 23.8 Å². The van der Waals surface area contributed by atoms with Gasteiger partial charge in [0.25, 0.3) is 5.91 Å². The quantitative estimate of drug-likeness (QED) is 0.678. The highest BCUT2D eigenvalue weighted by molar-refractivity contribution is 6.01. The minimum Gasteiger partial charge on any atom is -0.465 e. The van der Waals surface area contributed by atoms with Crippen LogP contribution in [0.3, 0.4) is 0 Å². The van der Waals surface area contributed by atoms with E-state index in [0.717, 1.165) is 5.56 Å². The SMILES string of the molecule is COC(=O)c1cccc(C(=O)N2CCNC(=O)C2CC(=O)OCCc2ccccc2)c1. The van der Waals surface area contributed by atoms with Crippen molar-refractivity contribution < 1.29 is 28.7 Å². The normalized spacial score (nSPS) is 15.7. The van der Waals surface area contributed by atoms with Crippen molar-refractivity contribution in [2.45, 2.75) is 18.9 Å². The lowest BCUT2D eigenvalue weighted by Crippen LogP contribution is -2.57. The predicted octanol–water partition coefficient (Wildman–Crippen LogP) is 1.59. The summed E-state index contributed by atoms with van der Waals surface area (Å²) in [6, 6.07) is 14.7. The largest absolute Gasteiger partial charge is 0.465 e. The molecule has 1 heterocycles. The van der Waals surface area contributed by atoms with Crippen LogP contribution in [0.4, 0.5) is 0 Å². The number of methoxy groups -OCH3 is 1. The van der Waals surface area contributed by atoms with Gasteiger partial charge in [-0.2, -0.15) is 0 Å². The van der Waals surface area contributed by atoms with Crippen LogP contribution >= 0.6 is 0 Å². The molecule has 31 heavy (non-hydrogen) atoms. The van der Waals surface area contributed by atoms with Gasteiger partial charge in [-0.1, -0.05) is 36.4 Å². The Labute approximate surface area is 180 Å². The summed E-state index contributed by atoms with van der Waals surface area (Å²) in [4.78, 5) is 50.9. The molecule has 2 amide bonds. The molecule has 0 saturated carbocycles. The summed E-state index contributed by atoms with van der Waals surface area (Å²) in [5.74, 6) is -1.98. The molecule has 1 atom stereocenters. The highest BCUT2D eigenvalue weighted by Gasteiger charge is 2.35. The van der Waals surface area contributed by atoms with Gasteiger partial charge in [-0.15, -0.1) is 0 Å². The van der Waals surface area contributed by atoms with Crippen LogP contribution in [0.15, 0.2) is 54.6 Å². The van der Waals surface area contributed by atoms with Crippen LogP contribution in [0, 0.1) is 0 Å². The van der Waals surface area contributed by atoms with Crippen molar-refractivity contribution in [2.75, 3.05) is 26.8 Å². The van der Waals surface area contributed by atoms with E-state index in [1.807, 2.05) is 30.3 Å². The van der Waals surface area contributed by atoms with Crippen LogP contribution in [0.2, 0.25) is 0 Å². The average Bonchev–Trinajstić information content (AvgIpc) is 2.80. The molecule has 8 nitrogen and oxygen atoms in total. The number of ether oxygens (including phenoxy) is 2. The molecule has 1 saturated heterocycles. The molecule has 0 bridgehead atoms. The van der Waals surface area contributed by atoms with Crippen LogP contribution in [-0.4, -0.2) is 61.5 Å². The minimum atomic E-state index is -0.979. The zero-order valence-corrected chi connectivity index (χ0v) is 17.2. The highest BCUT2D eigenvalue weighted by Crippen LogP contribution is 2.16. The van der Waals surface area contributed by atoms with Crippen molar-refractivity contribution in [3.05, 3.63) is 71.3 Å². The maximum atomic E-state index is 13.0. The second kappa shape index (κ2) is 10.4. The number of rotatable bonds is 7. The third-order valence-electron chi connectivity index (χ3n) is 4.98. The first-order chi connectivity index (χ1) is 15.0. The Morgan fingerprint density at radius 1 is 1.06 bits per heavy atom. The van der Waals surface area contributed by atoms with Gasteiger partial charge >= 0.3 is 11.9 Å². The number of nitrogens with one attached hydrogen (secondary N) is 1. The van der Waals surface area contributed by atoms with Gasteiger partial charge in [0.05, 0.1) is 25.7 Å². The second-order valence-corrected chi connectivity index (χ2v) is 7.04. The van der Waals surface area contributed by atoms with E-state index in [4.69, 9.17) is 4.74 Å². The summed E-state index contributed by atoms with van der Waals surface area (Å²) in [5.41, 5.74) is 1.50. The molecule has 3 rings (SSSR count). The Balaban J connectivity index is 1.65. The fraction of sp³-hybridized carbons (Fsp3) is 0.304. The van der Waals surface area contributed by atoms with Crippen LogP contribution in [0.5, 0.6) is 0 Å². The molecule has 0 aromatic heterocycles. The van der Waals surface area contributed by atoms with Crippen molar-refractivity contribution in [1.82, 2.24) is 10.2 Å². The van der Waals surface area contributed by atoms with Gasteiger partial charge in [0.15, 0.2) is 0 Å². The van der Waals surface area contributed by atoms with E-state index in [-0.39, 0.29) is 37.2 Å². The Kier molecular flexibility index (Phi) is 7.37. The first-order valence-corrected chi connectivity index (χ1v) is 9.96. The van der Waals surface area contributed by atoms with Gasteiger partial charge in [0.2, 0.25) is 5.91 Å². The van der Waals surface area contributed by atoms with E-state index in [1.165, 1.54) is 24.1 Å². The number of hydrogen-bond acceptors (Lipinski definition) is 6. The molecule has 1 aliphatic heterocycles. The van der Waals surface area contributed by atoms with E-state index in [2.05, 4.69) is 10.1 Å². The molecule has 162 valence electrons. The molecule has 1 N–H and O–H groups in total. The number of piperazine rings is 1. The van der Waals surface area contributed by atoms with E-state index in [9.17, 15) is 19.2 Å². The van der Waals surface area contributed by atoms with Crippen LogP contribution < -0.4 is 5.32 Å². The second-order valence-electron chi connectivity index (χ2n) is 7.04. The van der Waals surface area contributed by atoms with Crippen molar-refractivity contribution in [1.29, 1.82) is 0 Å². The third kappa shape index (κ3) is 5.69. The highest BCUT2D eigenvalue weighted by atomic mass is 16.5. The number of benzene rings is 2.